The van der Waals surface area contributed by atoms with Crippen molar-refractivity contribution in [1.82, 2.24) is 5.32 Å². The lowest BCUT2D eigenvalue weighted by molar-refractivity contribution is -0.144. The molecule has 2 rings (SSSR count). The van der Waals surface area contributed by atoms with Gasteiger partial charge in [0.1, 0.15) is 17.7 Å². The summed E-state index contributed by atoms with van der Waals surface area (Å²) < 4.78 is 32.8. The van der Waals surface area contributed by atoms with Crippen molar-refractivity contribution in [2.45, 2.75) is 44.1 Å². The summed E-state index contributed by atoms with van der Waals surface area (Å²) in [6.45, 7) is 2.30. The first kappa shape index (κ1) is 18.3. The summed E-state index contributed by atoms with van der Waals surface area (Å²) in [6, 6.07) is 2.06. The molecule has 2 N–H and O–H groups in total. The number of nitrogens with one attached hydrogen (secondary N) is 1. The Hall–Kier alpha value is -2.02. The number of carbonyl (C=O) groups is 2. The quantitative estimate of drug-likeness (QED) is 0.833. The molecule has 1 unspecified atom stereocenters. The molecule has 24 heavy (non-hydrogen) atoms. The van der Waals surface area contributed by atoms with Crippen LogP contribution in [-0.4, -0.2) is 36.2 Å². The number of benzene rings is 1. The predicted octanol–water partition coefficient (Wildman–Crippen LogP) is 2.38. The van der Waals surface area contributed by atoms with Crippen molar-refractivity contribution in [2.75, 3.05) is 13.2 Å². The minimum Gasteiger partial charge on any atom is -0.480 e. The van der Waals surface area contributed by atoms with Crippen LogP contribution in [0.3, 0.4) is 0 Å². The maximum Gasteiger partial charge on any atom is 0.326 e. The fourth-order valence-corrected chi connectivity index (χ4v) is 3.06. The molecule has 0 saturated carbocycles. The van der Waals surface area contributed by atoms with E-state index in [1.165, 1.54) is 6.07 Å². The van der Waals surface area contributed by atoms with Gasteiger partial charge in [-0.25, -0.2) is 13.6 Å². The maximum absolute atomic E-state index is 14.3. The number of halogens is 2. The lowest BCUT2D eigenvalue weighted by Crippen LogP contribution is -2.53. The lowest BCUT2D eigenvalue weighted by atomic mass is 9.73. The molecule has 7 heteroatoms. The summed E-state index contributed by atoms with van der Waals surface area (Å²) in [7, 11) is 0. The Balaban J connectivity index is 2.36. The first-order chi connectivity index (χ1) is 11.4. The number of carboxylic acid groups (broad SMARTS) is 1. The first-order valence-electron chi connectivity index (χ1n) is 7.98. The van der Waals surface area contributed by atoms with Gasteiger partial charge < -0.3 is 15.2 Å². The van der Waals surface area contributed by atoms with Crippen LogP contribution >= 0.6 is 0 Å². The fourth-order valence-electron chi connectivity index (χ4n) is 3.06. The molecular weight excluding hydrogens is 320 g/mol. The average molecular weight is 341 g/mol. The first-order valence-corrected chi connectivity index (χ1v) is 7.98. The summed E-state index contributed by atoms with van der Waals surface area (Å²) in [5.41, 5.74) is -1.18. The minimum absolute atomic E-state index is 0.0744. The number of ether oxygens (including phenoxy) is 1. The minimum atomic E-state index is -1.25. The fraction of sp³-hybridized carbons (Fsp3) is 0.529. The molecule has 0 radical (unpaired) electrons. The highest BCUT2D eigenvalue weighted by Crippen LogP contribution is 2.37. The summed E-state index contributed by atoms with van der Waals surface area (Å²) in [4.78, 5) is 24.2. The maximum atomic E-state index is 14.3. The van der Waals surface area contributed by atoms with Gasteiger partial charge >= 0.3 is 5.97 Å². The number of hydrogen-bond acceptors (Lipinski definition) is 3. The van der Waals surface area contributed by atoms with Gasteiger partial charge in [0.25, 0.3) is 0 Å². The van der Waals surface area contributed by atoms with Gasteiger partial charge in [-0.15, -0.1) is 0 Å². The third kappa shape index (κ3) is 3.72. The Morgan fingerprint density at radius 2 is 2.00 bits per heavy atom. The molecule has 1 heterocycles. The van der Waals surface area contributed by atoms with E-state index in [4.69, 9.17) is 4.74 Å². The Morgan fingerprint density at radius 1 is 1.33 bits per heavy atom. The number of aliphatic carboxylic acids is 1. The number of rotatable bonds is 6. The van der Waals surface area contributed by atoms with Gasteiger partial charge in [-0.05, 0) is 25.3 Å². The molecule has 1 saturated heterocycles. The standard InChI is InChI=1S/C17H21F2NO4/c1-2-3-14(15(21)22)20-16(23)17(6-8-24-9-7-17)12-5-4-11(18)10-13(12)19/h4-5,10,14H,2-3,6-9H2,1H3,(H,20,23)(H,21,22). The topological polar surface area (TPSA) is 75.6 Å². The molecule has 0 spiro atoms. The Bertz CT molecular complexity index is 615. The second-order valence-corrected chi connectivity index (χ2v) is 5.97. The largest absolute Gasteiger partial charge is 0.480 e. The van der Waals surface area contributed by atoms with Gasteiger partial charge in [0.15, 0.2) is 0 Å². The van der Waals surface area contributed by atoms with Crippen LogP contribution in [0.25, 0.3) is 0 Å². The van der Waals surface area contributed by atoms with Gasteiger partial charge in [0, 0.05) is 24.8 Å². The Kier molecular flexibility index (Phi) is 5.88. The molecule has 5 nitrogen and oxygen atoms in total. The van der Waals surface area contributed by atoms with E-state index in [-0.39, 0.29) is 38.0 Å². The second kappa shape index (κ2) is 7.70. The van der Waals surface area contributed by atoms with Gasteiger partial charge in [-0.2, -0.15) is 0 Å². The molecule has 1 aliphatic heterocycles. The van der Waals surface area contributed by atoms with Crippen molar-refractivity contribution in [2.24, 2.45) is 0 Å². The highest BCUT2D eigenvalue weighted by molar-refractivity contribution is 5.91. The van der Waals surface area contributed by atoms with E-state index in [1.54, 1.807) is 0 Å². The van der Waals surface area contributed by atoms with E-state index in [1.807, 2.05) is 6.92 Å². The van der Waals surface area contributed by atoms with Crippen LogP contribution in [0.1, 0.15) is 38.2 Å². The second-order valence-electron chi connectivity index (χ2n) is 5.97. The highest BCUT2D eigenvalue weighted by atomic mass is 19.1. The zero-order valence-corrected chi connectivity index (χ0v) is 13.5. The van der Waals surface area contributed by atoms with Crippen molar-refractivity contribution in [1.29, 1.82) is 0 Å². The molecule has 1 amide bonds. The Morgan fingerprint density at radius 3 is 2.54 bits per heavy atom. The molecule has 1 fully saturated rings. The van der Waals surface area contributed by atoms with Crippen LogP contribution in [0.15, 0.2) is 18.2 Å². The summed E-state index contributed by atoms with van der Waals surface area (Å²) in [6.07, 6.45) is 1.28. The van der Waals surface area contributed by atoms with Crippen molar-refractivity contribution >= 4 is 11.9 Å². The smallest absolute Gasteiger partial charge is 0.326 e. The summed E-state index contributed by atoms with van der Waals surface area (Å²) >= 11 is 0. The number of amides is 1. The molecule has 1 aromatic rings. The monoisotopic (exact) mass is 341 g/mol. The van der Waals surface area contributed by atoms with E-state index < -0.39 is 35.0 Å². The van der Waals surface area contributed by atoms with Crippen molar-refractivity contribution in [3.8, 4) is 0 Å². The van der Waals surface area contributed by atoms with Crippen LogP contribution in [0.5, 0.6) is 0 Å². The molecule has 1 atom stereocenters. The van der Waals surface area contributed by atoms with E-state index in [0.717, 1.165) is 12.1 Å². The molecule has 1 aliphatic rings. The summed E-state index contributed by atoms with van der Waals surface area (Å²) in [5.74, 6) is -3.23. The molecule has 0 bridgehead atoms. The predicted molar refractivity (Wildman–Crippen MR) is 82.6 cm³/mol. The third-order valence-electron chi connectivity index (χ3n) is 4.41. The number of carboxylic acids is 1. The number of hydrogen-bond donors (Lipinski definition) is 2. The van der Waals surface area contributed by atoms with Crippen molar-refractivity contribution < 1.29 is 28.2 Å². The molecule has 0 aromatic heterocycles. The van der Waals surface area contributed by atoms with Gasteiger partial charge in [-0.3, -0.25) is 4.79 Å². The van der Waals surface area contributed by atoms with E-state index in [2.05, 4.69) is 5.32 Å². The van der Waals surface area contributed by atoms with E-state index >= 15 is 0 Å². The van der Waals surface area contributed by atoms with Gasteiger partial charge in [-0.1, -0.05) is 19.4 Å². The average Bonchev–Trinajstić information content (AvgIpc) is 2.54. The zero-order chi connectivity index (χ0) is 17.7. The molecule has 1 aromatic carbocycles. The third-order valence-corrected chi connectivity index (χ3v) is 4.41. The van der Waals surface area contributed by atoms with Crippen molar-refractivity contribution in [3.05, 3.63) is 35.4 Å². The highest BCUT2D eigenvalue weighted by Gasteiger charge is 2.44. The van der Waals surface area contributed by atoms with E-state index in [9.17, 15) is 23.5 Å². The van der Waals surface area contributed by atoms with Gasteiger partial charge in [0.2, 0.25) is 5.91 Å². The van der Waals surface area contributed by atoms with Crippen LogP contribution in [-0.2, 0) is 19.7 Å². The summed E-state index contributed by atoms with van der Waals surface area (Å²) in [5, 5.41) is 11.7. The SMILES string of the molecule is CCCC(NC(=O)C1(c2ccc(F)cc2F)CCOCC1)C(=O)O. The van der Waals surface area contributed by atoms with Crippen LogP contribution < -0.4 is 5.32 Å². The van der Waals surface area contributed by atoms with Crippen LogP contribution in [0.2, 0.25) is 0 Å². The lowest BCUT2D eigenvalue weighted by Gasteiger charge is -2.37. The number of carbonyl (C=O) groups excluding carboxylic acids is 1. The molecular formula is C17H21F2NO4. The zero-order valence-electron chi connectivity index (χ0n) is 13.5. The van der Waals surface area contributed by atoms with E-state index in [0.29, 0.717) is 6.42 Å². The molecule has 132 valence electrons. The van der Waals surface area contributed by atoms with Crippen LogP contribution in [0, 0.1) is 11.6 Å². The molecule has 0 aliphatic carbocycles. The van der Waals surface area contributed by atoms with Crippen LogP contribution in [0.4, 0.5) is 8.78 Å². The Labute approximate surface area is 139 Å². The van der Waals surface area contributed by atoms with Gasteiger partial charge in [0.05, 0.1) is 5.41 Å². The normalized spacial score (nSPS) is 18.0. The van der Waals surface area contributed by atoms with Crippen molar-refractivity contribution in [3.63, 3.8) is 0 Å².